The molecule has 17 heavy (non-hydrogen) atoms. The minimum absolute atomic E-state index is 0.430. The van der Waals surface area contributed by atoms with Crippen LogP contribution in [0.2, 0.25) is 0 Å². The number of carbonyl (C=O) groups is 1. The molecule has 1 aromatic carbocycles. The molecule has 0 radical (unpaired) electrons. The Kier molecular flexibility index (Phi) is 3.64. The molecule has 2 rings (SSSR count). The van der Waals surface area contributed by atoms with Crippen LogP contribution < -0.4 is 0 Å². The van der Waals surface area contributed by atoms with Gasteiger partial charge >= 0.3 is 0 Å². The van der Waals surface area contributed by atoms with Crippen molar-refractivity contribution in [3.8, 4) is 0 Å². The van der Waals surface area contributed by atoms with Crippen molar-refractivity contribution >= 4 is 22.2 Å². The van der Waals surface area contributed by atoms with Crippen molar-refractivity contribution in [2.45, 2.75) is 13.3 Å². The Hall–Kier alpha value is -1.55. The van der Waals surface area contributed by atoms with E-state index in [0.29, 0.717) is 17.9 Å². The fourth-order valence-corrected chi connectivity index (χ4v) is 2.03. The van der Waals surface area contributed by atoms with Crippen LogP contribution in [-0.2, 0) is 6.42 Å². The molecule has 3 nitrogen and oxygen atoms in total. The first-order valence-electron chi connectivity index (χ1n) is 5.22. The van der Waals surface area contributed by atoms with Gasteiger partial charge in [0.2, 0.25) is 0 Å². The van der Waals surface area contributed by atoms with Gasteiger partial charge in [0.1, 0.15) is 11.5 Å². The first kappa shape index (κ1) is 11.9. The quantitative estimate of drug-likeness (QED) is 0.817. The molecule has 0 aliphatic heterocycles. The summed E-state index contributed by atoms with van der Waals surface area (Å²) < 4.78 is 1.03. The van der Waals surface area contributed by atoms with Crippen LogP contribution in [0.25, 0.3) is 0 Å². The fraction of sp³-hybridized carbons (Fsp3) is 0.154. The summed E-state index contributed by atoms with van der Waals surface area (Å²) in [5.74, 6) is 0.666. The van der Waals surface area contributed by atoms with Crippen LogP contribution in [0.3, 0.4) is 0 Å². The predicted molar refractivity (Wildman–Crippen MR) is 69.1 cm³/mol. The van der Waals surface area contributed by atoms with Gasteiger partial charge in [-0.15, -0.1) is 0 Å². The van der Waals surface area contributed by atoms with Gasteiger partial charge in [0.25, 0.3) is 0 Å². The van der Waals surface area contributed by atoms with E-state index in [1.807, 2.05) is 31.2 Å². The summed E-state index contributed by atoms with van der Waals surface area (Å²) in [5.41, 5.74) is 2.35. The molecule has 0 amide bonds. The second-order valence-electron chi connectivity index (χ2n) is 3.74. The van der Waals surface area contributed by atoms with E-state index < -0.39 is 0 Å². The first-order chi connectivity index (χ1) is 8.19. The van der Waals surface area contributed by atoms with Gasteiger partial charge in [-0.1, -0.05) is 34.1 Å². The Balaban J connectivity index is 2.33. The highest BCUT2D eigenvalue weighted by atomic mass is 79.9. The molecule has 0 bridgehead atoms. The van der Waals surface area contributed by atoms with Crippen LogP contribution in [0.15, 0.2) is 34.8 Å². The van der Waals surface area contributed by atoms with Gasteiger partial charge in [-0.2, -0.15) is 0 Å². The third-order valence-corrected chi connectivity index (χ3v) is 3.12. The molecule has 0 spiro atoms. The highest BCUT2D eigenvalue weighted by Crippen LogP contribution is 2.18. The Bertz CT molecular complexity index is 555. The number of hydrogen-bond donors (Lipinski definition) is 0. The van der Waals surface area contributed by atoms with E-state index in [0.717, 1.165) is 22.0 Å². The molecule has 0 aliphatic rings. The molecule has 0 fully saturated rings. The maximum absolute atomic E-state index is 10.7. The molecule has 0 saturated carbocycles. The van der Waals surface area contributed by atoms with Crippen LogP contribution in [-0.4, -0.2) is 16.3 Å². The number of halogens is 1. The van der Waals surface area contributed by atoms with E-state index >= 15 is 0 Å². The molecule has 0 N–H and O–H groups in total. The first-order valence-corrected chi connectivity index (χ1v) is 6.01. The summed E-state index contributed by atoms with van der Waals surface area (Å²) in [4.78, 5) is 19.2. The van der Waals surface area contributed by atoms with Gasteiger partial charge in [0.15, 0.2) is 6.29 Å². The minimum Gasteiger partial charge on any atom is -0.296 e. The standard InChI is InChI=1S/C13H11BrN2O/c1-9-6-11(8-17)16-13(15-9)7-10-4-2-3-5-12(10)14/h2-6,8H,7H2,1H3. The monoisotopic (exact) mass is 290 g/mol. The average Bonchev–Trinajstić information content (AvgIpc) is 2.31. The zero-order valence-corrected chi connectivity index (χ0v) is 10.9. The predicted octanol–water partition coefficient (Wildman–Crippen LogP) is 2.95. The number of nitrogens with zero attached hydrogens (tertiary/aromatic N) is 2. The highest BCUT2D eigenvalue weighted by molar-refractivity contribution is 9.10. The maximum atomic E-state index is 10.7. The Morgan fingerprint density at radius 3 is 2.76 bits per heavy atom. The van der Waals surface area contributed by atoms with Gasteiger partial charge in [-0.25, -0.2) is 9.97 Å². The maximum Gasteiger partial charge on any atom is 0.168 e. The van der Waals surface area contributed by atoms with Crippen molar-refractivity contribution in [1.82, 2.24) is 9.97 Å². The lowest BCUT2D eigenvalue weighted by atomic mass is 10.1. The normalized spacial score (nSPS) is 10.2. The van der Waals surface area contributed by atoms with E-state index in [9.17, 15) is 4.79 Å². The molecule has 1 aromatic heterocycles. The number of benzene rings is 1. The van der Waals surface area contributed by atoms with Crippen LogP contribution >= 0.6 is 15.9 Å². The Morgan fingerprint density at radius 2 is 2.06 bits per heavy atom. The molecule has 0 atom stereocenters. The molecule has 0 saturated heterocycles. The van der Waals surface area contributed by atoms with Crippen molar-refractivity contribution < 1.29 is 4.79 Å². The van der Waals surface area contributed by atoms with Crippen LogP contribution in [0.4, 0.5) is 0 Å². The lowest BCUT2D eigenvalue weighted by molar-refractivity contribution is 0.111. The van der Waals surface area contributed by atoms with E-state index in [4.69, 9.17) is 0 Å². The highest BCUT2D eigenvalue weighted by Gasteiger charge is 2.05. The van der Waals surface area contributed by atoms with Crippen LogP contribution in [0.1, 0.15) is 27.6 Å². The Morgan fingerprint density at radius 1 is 1.29 bits per heavy atom. The van der Waals surface area contributed by atoms with Gasteiger partial charge in [0, 0.05) is 16.6 Å². The van der Waals surface area contributed by atoms with Crippen LogP contribution in [0.5, 0.6) is 0 Å². The zero-order valence-electron chi connectivity index (χ0n) is 9.35. The van der Waals surface area contributed by atoms with E-state index in [-0.39, 0.29) is 0 Å². The number of aldehydes is 1. The third-order valence-electron chi connectivity index (χ3n) is 2.35. The molecule has 86 valence electrons. The fourth-order valence-electron chi connectivity index (χ4n) is 1.61. The molecular weight excluding hydrogens is 280 g/mol. The SMILES string of the molecule is Cc1cc(C=O)nc(Cc2ccccc2Br)n1. The summed E-state index contributed by atoms with van der Waals surface area (Å²) in [6, 6.07) is 9.59. The van der Waals surface area contributed by atoms with E-state index in [2.05, 4.69) is 25.9 Å². The average molecular weight is 291 g/mol. The van der Waals surface area contributed by atoms with Gasteiger partial charge in [-0.05, 0) is 24.6 Å². The van der Waals surface area contributed by atoms with Crippen molar-refractivity contribution in [1.29, 1.82) is 0 Å². The van der Waals surface area contributed by atoms with Crippen molar-refractivity contribution in [3.63, 3.8) is 0 Å². The van der Waals surface area contributed by atoms with Crippen molar-refractivity contribution in [2.24, 2.45) is 0 Å². The third kappa shape index (κ3) is 2.97. The second-order valence-corrected chi connectivity index (χ2v) is 4.59. The smallest absolute Gasteiger partial charge is 0.168 e. The minimum atomic E-state index is 0.430. The number of rotatable bonds is 3. The molecule has 0 aliphatic carbocycles. The Labute approximate surface area is 108 Å². The molecule has 2 aromatic rings. The lowest BCUT2D eigenvalue weighted by Gasteiger charge is -2.04. The summed E-state index contributed by atoms with van der Waals surface area (Å²) in [6.07, 6.45) is 1.36. The van der Waals surface area contributed by atoms with Crippen molar-refractivity contribution in [2.75, 3.05) is 0 Å². The number of hydrogen-bond acceptors (Lipinski definition) is 3. The second kappa shape index (κ2) is 5.19. The summed E-state index contributed by atoms with van der Waals surface area (Å²) in [6.45, 7) is 1.86. The van der Waals surface area contributed by atoms with E-state index in [1.165, 1.54) is 0 Å². The molecular formula is C13H11BrN2O. The summed E-state index contributed by atoms with van der Waals surface area (Å²) >= 11 is 3.48. The van der Waals surface area contributed by atoms with E-state index in [1.54, 1.807) is 6.07 Å². The number of aromatic nitrogens is 2. The topological polar surface area (TPSA) is 42.9 Å². The molecule has 4 heteroatoms. The summed E-state index contributed by atoms with van der Waals surface area (Å²) in [5, 5.41) is 0. The lowest BCUT2D eigenvalue weighted by Crippen LogP contribution is -2.02. The van der Waals surface area contributed by atoms with Crippen LogP contribution in [0, 0.1) is 6.92 Å². The van der Waals surface area contributed by atoms with Gasteiger partial charge in [0.05, 0.1) is 0 Å². The van der Waals surface area contributed by atoms with Gasteiger partial charge < -0.3 is 0 Å². The largest absolute Gasteiger partial charge is 0.296 e. The number of aryl methyl sites for hydroxylation is 1. The summed E-state index contributed by atoms with van der Waals surface area (Å²) in [7, 11) is 0. The molecule has 1 heterocycles. The van der Waals surface area contributed by atoms with Crippen molar-refractivity contribution in [3.05, 3.63) is 57.6 Å². The van der Waals surface area contributed by atoms with Gasteiger partial charge in [-0.3, -0.25) is 4.79 Å². The molecule has 0 unspecified atom stereocenters. The number of carbonyl (C=O) groups excluding carboxylic acids is 1. The zero-order chi connectivity index (χ0) is 12.3.